The molecule has 0 unspecified atom stereocenters. The molecule has 1 aromatic heterocycles. The fourth-order valence-electron chi connectivity index (χ4n) is 1.99. The second-order valence-corrected chi connectivity index (χ2v) is 7.95. The summed E-state index contributed by atoms with van der Waals surface area (Å²) in [6, 6.07) is 0.915. The molecule has 1 heterocycles. The third-order valence-corrected chi connectivity index (χ3v) is 2.87. The number of hydrogen-bond acceptors (Lipinski definition) is 6. The van der Waals surface area contributed by atoms with E-state index in [9.17, 15) is 22.8 Å². The van der Waals surface area contributed by atoms with Crippen molar-refractivity contribution in [1.82, 2.24) is 4.98 Å². The largest absolute Gasteiger partial charge is 0.465 e. The van der Waals surface area contributed by atoms with Crippen LogP contribution in [-0.2, 0) is 20.7 Å². The molecule has 0 fully saturated rings. The van der Waals surface area contributed by atoms with Crippen LogP contribution in [0.5, 0.6) is 0 Å². The van der Waals surface area contributed by atoms with E-state index in [1.807, 2.05) is 0 Å². The summed E-state index contributed by atoms with van der Waals surface area (Å²) >= 11 is 0. The molecule has 7 nitrogen and oxygen atoms in total. The number of ether oxygens (including phenoxy) is 2. The summed E-state index contributed by atoms with van der Waals surface area (Å²) in [7, 11) is 1.07. The molecule has 0 aliphatic heterocycles. The molecule has 0 spiro atoms. The Morgan fingerprint density at radius 2 is 1.64 bits per heavy atom. The van der Waals surface area contributed by atoms with Crippen molar-refractivity contribution in [3.63, 3.8) is 0 Å². The zero-order chi connectivity index (χ0) is 21.9. The molecule has 1 rings (SSSR count). The lowest BCUT2D eigenvalue weighted by Gasteiger charge is -2.32. The molecule has 0 saturated heterocycles. The van der Waals surface area contributed by atoms with Gasteiger partial charge < -0.3 is 9.47 Å². The summed E-state index contributed by atoms with van der Waals surface area (Å²) in [4.78, 5) is 34.1. The smallest absolute Gasteiger partial charge is 0.439 e. The van der Waals surface area contributed by atoms with E-state index in [0.29, 0.717) is 5.06 Å². The summed E-state index contributed by atoms with van der Waals surface area (Å²) in [5.74, 6) is -0.952. The van der Waals surface area contributed by atoms with Crippen LogP contribution in [0.3, 0.4) is 0 Å². The Labute approximate surface area is 161 Å². The number of nitrogens with zero attached hydrogens (tertiary/aromatic N) is 2. The van der Waals surface area contributed by atoms with Crippen molar-refractivity contribution in [2.45, 2.75) is 65.3 Å². The first-order valence-corrected chi connectivity index (χ1v) is 8.38. The molecule has 0 atom stereocenters. The van der Waals surface area contributed by atoms with Crippen LogP contribution in [0.25, 0.3) is 0 Å². The number of methoxy groups -OCH3 is 1. The first-order chi connectivity index (χ1) is 12.5. The highest BCUT2D eigenvalue weighted by Crippen LogP contribution is 2.29. The van der Waals surface area contributed by atoms with E-state index in [2.05, 4.69) is 9.72 Å². The minimum absolute atomic E-state index is 0.193. The Morgan fingerprint density at radius 1 is 1.07 bits per heavy atom. The van der Waals surface area contributed by atoms with Crippen molar-refractivity contribution in [1.29, 1.82) is 0 Å². The van der Waals surface area contributed by atoms with Crippen molar-refractivity contribution >= 4 is 17.7 Å². The topological polar surface area (TPSA) is 78.0 Å². The van der Waals surface area contributed by atoms with Gasteiger partial charge in [0.1, 0.15) is 11.3 Å². The van der Waals surface area contributed by atoms with Crippen molar-refractivity contribution < 1.29 is 37.1 Å². The van der Waals surface area contributed by atoms with Gasteiger partial charge in [0, 0.05) is 0 Å². The molecular weight excluding hydrogens is 381 g/mol. The highest BCUT2D eigenvalue weighted by atomic mass is 19.4. The number of halogens is 3. The maximum Gasteiger partial charge on any atom is 0.439 e. The van der Waals surface area contributed by atoms with Crippen LogP contribution < -0.4 is 5.06 Å². The monoisotopic (exact) mass is 406 g/mol. The summed E-state index contributed by atoms with van der Waals surface area (Å²) < 4.78 is 48.0. The van der Waals surface area contributed by atoms with Gasteiger partial charge in [-0.2, -0.15) is 18.2 Å². The van der Waals surface area contributed by atoms with E-state index >= 15 is 0 Å². The maximum atomic E-state index is 12.7. The van der Waals surface area contributed by atoms with E-state index in [4.69, 9.17) is 9.57 Å². The van der Waals surface area contributed by atoms with E-state index in [0.717, 1.165) is 19.4 Å². The van der Waals surface area contributed by atoms with Crippen molar-refractivity contribution in [2.24, 2.45) is 0 Å². The lowest BCUT2D eigenvalue weighted by Crippen LogP contribution is -2.42. The van der Waals surface area contributed by atoms with Crippen LogP contribution in [0, 0.1) is 0 Å². The quantitative estimate of drug-likeness (QED) is 0.543. The molecule has 0 saturated carbocycles. The van der Waals surface area contributed by atoms with Gasteiger partial charge in [0.2, 0.25) is 0 Å². The van der Waals surface area contributed by atoms with Crippen molar-refractivity contribution in [3.8, 4) is 0 Å². The van der Waals surface area contributed by atoms with Crippen LogP contribution in [0.2, 0.25) is 0 Å². The van der Waals surface area contributed by atoms with E-state index in [1.165, 1.54) is 0 Å². The van der Waals surface area contributed by atoms with Gasteiger partial charge in [-0.3, -0.25) is 9.82 Å². The number of aromatic nitrogens is 1. The number of pyridine rings is 1. The van der Waals surface area contributed by atoms with Gasteiger partial charge in [0.25, 0.3) is 0 Å². The number of hydroxylamine groups is 1. The fourth-order valence-corrected chi connectivity index (χ4v) is 1.99. The average Bonchev–Trinajstić information content (AvgIpc) is 2.47. The summed E-state index contributed by atoms with van der Waals surface area (Å²) in [6.07, 6.45) is -5.88. The first kappa shape index (κ1) is 23.7. The van der Waals surface area contributed by atoms with E-state index < -0.39 is 41.6 Å². The molecule has 0 aliphatic rings. The minimum atomic E-state index is -4.52. The Morgan fingerprint density at radius 3 is 2.07 bits per heavy atom. The normalized spacial score (nSPS) is 12.5. The van der Waals surface area contributed by atoms with Gasteiger partial charge in [0.15, 0.2) is 0 Å². The highest BCUT2D eigenvalue weighted by molar-refractivity contribution is 5.99. The summed E-state index contributed by atoms with van der Waals surface area (Å²) in [5.41, 5.74) is -2.69. The third-order valence-electron chi connectivity index (χ3n) is 2.87. The van der Waals surface area contributed by atoms with Gasteiger partial charge in [-0.25, -0.2) is 9.59 Å². The Balaban J connectivity index is 3.48. The zero-order valence-corrected chi connectivity index (χ0v) is 16.9. The molecule has 158 valence electrons. The zero-order valence-electron chi connectivity index (χ0n) is 16.9. The predicted molar refractivity (Wildman–Crippen MR) is 94.9 cm³/mol. The number of anilines is 1. The van der Waals surface area contributed by atoms with E-state index in [1.54, 1.807) is 41.5 Å². The molecule has 28 heavy (non-hydrogen) atoms. The maximum absolute atomic E-state index is 12.7. The predicted octanol–water partition coefficient (Wildman–Crippen LogP) is 4.44. The fraction of sp³-hybridized carbons (Fsp3) is 0.611. The molecular formula is C18H25F3N2O5. The van der Waals surface area contributed by atoms with Crippen LogP contribution in [0.15, 0.2) is 12.3 Å². The molecule has 10 heteroatoms. The van der Waals surface area contributed by atoms with Crippen LogP contribution >= 0.6 is 0 Å². The highest BCUT2D eigenvalue weighted by Gasteiger charge is 2.34. The van der Waals surface area contributed by atoms with Gasteiger partial charge in [-0.05, 0) is 47.6 Å². The molecule has 0 radical (unpaired) electrons. The molecule has 0 N–H and O–H groups in total. The lowest BCUT2D eigenvalue weighted by molar-refractivity contribution is -0.127. The number of carbonyl (C=O) groups excluding carboxylic acids is 2. The molecule has 0 aromatic carbocycles. The summed E-state index contributed by atoms with van der Waals surface area (Å²) in [5, 5.41) is 0.696. The molecule has 0 aliphatic carbocycles. The van der Waals surface area contributed by atoms with Crippen LogP contribution in [0.1, 0.15) is 57.6 Å². The van der Waals surface area contributed by atoms with Crippen LogP contribution in [-0.4, -0.2) is 41.5 Å². The summed E-state index contributed by atoms with van der Waals surface area (Å²) in [6.45, 7) is 9.83. The standard InChI is InChI=1S/C18H25F3N2O5/c1-16(2,3)27-15(25)23(28-17(4,5)6)13-10-22-11(9-18(19,20)21)8-12(13)14(24)26-7/h8,10H,9H2,1-7H3. The van der Waals surface area contributed by atoms with Crippen molar-refractivity contribution in [3.05, 3.63) is 23.5 Å². The number of hydrogen-bond donors (Lipinski definition) is 0. The molecule has 1 amide bonds. The van der Waals surface area contributed by atoms with Gasteiger partial charge >= 0.3 is 18.2 Å². The van der Waals surface area contributed by atoms with E-state index in [-0.39, 0.29) is 11.3 Å². The Bertz CT molecular complexity index is 721. The van der Waals surface area contributed by atoms with Crippen molar-refractivity contribution in [2.75, 3.05) is 12.2 Å². The Kier molecular flexibility index (Phi) is 7.05. The number of esters is 1. The SMILES string of the molecule is COC(=O)c1cc(CC(F)(F)F)ncc1N(OC(C)(C)C)C(=O)OC(C)(C)C. The van der Waals surface area contributed by atoms with Gasteiger partial charge in [-0.1, -0.05) is 0 Å². The number of carbonyl (C=O) groups is 2. The number of amides is 1. The minimum Gasteiger partial charge on any atom is -0.465 e. The second-order valence-electron chi connectivity index (χ2n) is 7.95. The molecule has 0 bridgehead atoms. The second kappa shape index (κ2) is 8.34. The number of alkyl halides is 3. The molecule has 1 aromatic rings. The lowest BCUT2D eigenvalue weighted by atomic mass is 10.1. The van der Waals surface area contributed by atoms with Gasteiger partial charge in [0.05, 0.1) is 36.6 Å². The van der Waals surface area contributed by atoms with Gasteiger partial charge in [-0.15, -0.1) is 0 Å². The van der Waals surface area contributed by atoms with Crippen LogP contribution in [0.4, 0.5) is 23.7 Å². The average molecular weight is 406 g/mol. The number of rotatable bonds is 4. The third kappa shape index (κ3) is 7.71. The Hall–Kier alpha value is -2.36. The first-order valence-electron chi connectivity index (χ1n) is 8.38.